The third-order valence-corrected chi connectivity index (χ3v) is 7.48. The van der Waals surface area contributed by atoms with E-state index in [-0.39, 0.29) is 43.4 Å². The molecule has 0 saturated carbocycles. The molecule has 15 heteroatoms. The van der Waals surface area contributed by atoms with Crippen molar-refractivity contribution in [2.24, 2.45) is 5.41 Å². The Labute approximate surface area is 256 Å². The van der Waals surface area contributed by atoms with E-state index in [0.717, 1.165) is 12.1 Å². The summed E-state index contributed by atoms with van der Waals surface area (Å²) in [7, 11) is 0. The van der Waals surface area contributed by atoms with E-state index in [1.807, 2.05) is 20.8 Å². The molecule has 1 fully saturated rings. The summed E-state index contributed by atoms with van der Waals surface area (Å²) in [6, 6.07) is 8.76. The second kappa shape index (κ2) is 12.6. The fourth-order valence-corrected chi connectivity index (χ4v) is 4.98. The van der Waals surface area contributed by atoms with Crippen molar-refractivity contribution in [1.82, 2.24) is 25.1 Å². The fourth-order valence-electron chi connectivity index (χ4n) is 4.75. The Bertz CT molecular complexity index is 1560. The number of piperazine rings is 1. The molecular weight excluding hydrogens is 603 g/mol. The first-order valence-electron chi connectivity index (χ1n) is 13.5. The van der Waals surface area contributed by atoms with Gasteiger partial charge in [0.05, 0.1) is 28.5 Å². The lowest BCUT2D eigenvalue weighted by molar-refractivity contribution is -0.137. The fraction of sp³-hybridized carbons (Fsp3) is 0.345. The van der Waals surface area contributed by atoms with Gasteiger partial charge in [-0.25, -0.2) is 19.6 Å². The number of carbonyl (C=O) groups excluding carboxylic acids is 2. The maximum absolute atomic E-state index is 13.4. The van der Waals surface area contributed by atoms with Crippen LogP contribution >= 0.6 is 11.6 Å². The highest BCUT2D eigenvalue weighted by molar-refractivity contribution is 6.31. The number of rotatable bonds is 5. The Hall–Kier alpha value is -4.59. The first-order valence-corrected chi connectivity index (χ1v) is 13.8. The molecule has 3 aromatic rings. The number of anilines is 2. The molecule has 0 radical (unpaired) electrons. The highest BCUT2D eigenvalue weighted by Crippen LogP contribution is 2.36. The van der Waals surface area contributed by atoms with Crippen molar-refractivity contribution in [1.29, 1.82) is 0 Å². The van der Waals surface area contributed by atoms with Gasteiger partial charge < -0.3 is 31.3 Å². The van der Waals surface area contributed by atoms with Gasteiger partial charge in [-0.05, 0) is 29.2 Å². The molecular formula is C29H31ClF3N7O4. The molecule has 11 nitrogen and oxygen atoms in total. The number of carboxylic acid groups (broad SMARTS) is 1. The molecule has 44 heavy (non-hydrogen) atoms. The SMILES string of the molecule is CC(C)(C)C1CN(C(=O)c2nc(-c3ccc(CNC(=O)Nc4ccc(Cl)c(C(F)(F)F)c4)cc3)cnc2N)CCN1C(=O)O. The van der Waals surface area contributed by atoms with Crippen molar-refractivity contribution < 1.29 is 32.7 Å². The summed E-state index contributed by atoms with van der Waals surface area (Å²) in [5.74, 6) is -0.507. The lowest BCUT2D eigenvalue weighted by Crippen LogP contribution is -2.60. The zero-order valence-electron chi connectivity index (χ0n) is 24.1. The van der Waals surface area contributed by atoms with Crippen LogP contribution in [-0.4, -0.2) is 68.6 Å². The number of urea groups is 1. The van der Waals surface area contributed by atoms with Crippen LogP contribution in [0.1, 0.15) is 42.4 Å². The third-order valence-electron chi connectivity index (χ3n) is 7.15. The number of alkyl halides is 3. The van der Waals surface area contributed by atoms with Gasteiger partial charge in [0.1, 0.15) is 0 Å². The zero-order chi connectivity index (χ0) is 32.4. The number of nitrogens with one attached hydrogen (secondary N) is 2. The number of benzene rings is 2. The van der Waals surface area contributed by atoms with Gasteiger partial charge in [-0.2, -0.15) is 13.2 Å². The van der Waals surface area contributed by atoms with Gasteiger partial charge in [0.15, 0.2) is 11.5 Å². The topological polar surface area (TPSA) is 154 Å². The maximum atomic E-state index is 13.4. The molecule has 0 bridgehead atoms. The highest BCUT2D eigenvalue weighted by Gasteiger charge is 2.40. The van der Waals surface area contributed by atoms with Crippen molar-refractivity contribution >= 4 is 41.1 Å². The number of amides is 4. The number of halogens is 4. The lowest BCUT2D eigenvalue weighted by Gasteiger charge is -2.45. The molecule has 4 rings (SSSR count). The molecule has 4 amide bonds. The molecule has 1 aliphatic heterocycles. The number of hydrogen-bond acceptors (Lipinski definition) is 6. The van der Waals surface area contributed by atoms with Crippen LogP contribution in [-0.2, 0) is 12.7 Å². The molecule has 1 aliphatic rings. The smallest absolute Gasteiger partial charge is 0.417 e. The van der Waals surface area contributed by atoms with Crippen LogP contribution in [0.2, 0.25) is 5.02 Å². The van der Waals surface area contributed by atoms with E-state index < -0.39 is 46.3 Å². The summed E-state index contributed by atoms with van der Waals surface area (Å²) >= 11 is 5.62. The average molecular weight is 634 g/mol. The summed E-state index contributed by atoms with van der Waals surface area (Å²) in [6.45, 7) is 6.31. The van der Waals surface area contributed by atoms with Gasteiger partial charge in [-0.3, -0.25) is 4.79 Å². The van der Waals surface area contributed by atoms with E-state index in [4.69, 9.17) is 17.3 Å². The monoisotopic (exact) mass is 633 g/mol. The van der Waals surface area contributed by atoms with E-state index in [1.54, 1.807) is 24.3 Å². The molecule has 5 N–H and O–H groups in total. The minimum absolute atomic E-state index is 0.0442. The second-order valence-corrected chi connectivity index (χ2v) is 11.7. The van der Waals surface area contributed by atoms with E-state index in [0.29, 0.717) is 16.8 Å². The number of hydrogen-bond donors (Lipinski definition) is 4. The number of aromatic nitrogens is 2. The number of carbonyl (C=O) groups is 3. The van der Waals surface area contributed by atoms with Crippen molar-refractivity contribution in [2.45, 2.75) is 39.5 Å². The normalized spacial score (nSPS) is 15.6. The molecule has 234 valence electrons. The molecule has 1 aromatic heterocycles. The van der Waals surface area contributed by atoms with Gasteiger partial charge in [0.25, 0.3) is 5.91 Å². The van der Waals surface area contributed by atoms with Gasteiger partial charge in [0, 0.05) is 37.4 Å². The minimum atomic E-state index is -4.66. The van der Waals surface area contributed by atoms with Crippen LogP contribution in [0.25, 0.3) is 11.3 Å². The van der Waals surface area contributed by atoms with Crippen LogP contribution < -0.4 is 16.4 Å². The summed E-state index contributed by atoms with van der Waals surface area (Å²) in [5.41, 5.74) is 6.10. The third kappa shape index (κ3) is 7.48. The van der Waals surface area contributed by atoms with E-state index in [1.165, 1.54) is 22.1 Å². The minimum Gasteiger partial charge on any atom is -0.465 e. The summed E-state index contributed by atoms with van der Waals surface area (Å²) in [4.78, 5) is 49.0. The standard InChI is InChI=1S/C29H31ClF3N7O4/c1-28(2,3)22-15-39(10-11-40(22)27(43)44)25(41)23-24(34)35-14-21(38-23)17-6-4-16(5-7-17)13-36-26(42)37-18-8-9-20(30)19(12-18)29(31,32)33/h4-9,12,14,22H,10-11,13,15H2,1-3H3,(H2,34,35)(H,43,44)(H2,36,37,42). The van der Waals surface area contributed by atoms with Gasteiger partial charge in [-0.1, -0.05) is 56.6 Å². The molecule has 1 unspecified atom stereocenters. The second-order valence-electron chi connectivity index (χ2n) is 11.3. The van der Waals surface area contributed by atoms with Crippen LogP contribution in [0.5, 0.6) is 0 Å². The van der Waals surface area contributed by atoms with Crippen LogP contribution in [0.3, 0.4) is 0 Å². The molecule has 0 spiro atoms. The molecule has 2 aromatic carbocycles. The predicted molar refractivity (Wildman–Crippen MR) is 158 cm³/mol. The number of nitrogens with two attached hydrogens (primary N) is 1. The summed E-state index contributed by atoms with van der Waals surface area (Å²) < 4.78 is 39.2. The quantitative estimate of drug-likeness (QED) is 0.286. The maximum Gasteiger partial charge on any atom is 0.417 e. The van der Waals surface area contributed by atoms with Crippen molar-refractivity contribution in [2.75, 3.05) is 30.7 Å². The van der Waals surface area contributed by atoms with Crippen molar-refractivity contribution in [3.05, 3.63) is 70.5 Å². The van der Waals surface area contributed by atoms with Crippen LogP contribution in [0.15, 0.2) is 48.7 Å². The first-order chi connectivity index (χ1) is 20.5. The predicted octanol–water partition coefficient (Wildman–Crippen LogP) is 5.57. The van der Waals surface area contributed by atoms with Crippen molar-refractivity contribution in [3.63, 3.8) is 0 Å². The van der Waals surface area contributed by atoms with Crippen LogP contribution in [0.4, 0.5) is 34.3 Å². The Morgan fingerprint density at radius 1 is 1.09 bits per heavy atom. The van der Waals surface area contributed by atoms with Gasteiger partial charge >= 0.3 is 18.3 Å². The Morgan fingerprint density at radius 2 is 1.77 bits per heavy atom. The summed E-state index contributed by atoms with van der Waals surface area (Å²) in [6.07, 6.45) is -4.28. The Balaban J connectivity index is 1.41. The molecule has 2 heterocycles. The van der Waals surface area contributed by atoms with E-state index >= 15 is 0 Å². The van der Waals surface area contributed by atoms with Gasteiger partial charge in [0.2, 0.25) is 0 Å². The zero-order valence-corrected chi connectivity index (χ0v) is 24.8. The van der Waals surface area contributed by atoms with Crippen LogP contribution in [0, 0.1) is 5.41 Å². The largest absolute Gasteiger partial charge is 0.465 e. The Morgan fingerprint density at radius 3 is 2.39 bits per heavy atom. The number of nitrogen functional groups attached to an aromatic ring is 1. The highest BCUT2D eigenvalue weighted by atomic mass is 35.5. The van der Waals surface area contributed by atoms with Crippen molar-refractivity contribution in [3.8, 4) is 11.3 Å². The first kappa shape index (κ1) is 32.3. The summed E-state index contributed by atoms with van der Waals surface area (Å²) in [5, 5.41) is 14.1. The molecule has 1 atom stereocenters. The van der Waals surface area contributed by atoms with Gasteiger partial charge in [-0.15, -0.1) is 0 Å². The van der Waals surface area contributed by atoms with E-state index in [9.17, 15) is 32.7 Å². The molecule has 0 aliphatic carbocycles. The Kier molecular flexibility index (Phi) is 9.23. The average Bonchev–Trinajstić information content (AvgIpc) is 2.96. The number of nitrogens with zero attached hydrogens (tertiary/aromatic N) is 4. The lowest BCUT2D eigenvalue weighted by atomic mass is 9.84. The molecule has 1 saturated heterocycles. The van der Waals surface area contributed by atoms with E-state index in [2.05, 4.69) is 20.6 Å².